The Morgan fingerprint density at radius 3 is 2.88 bits per heavy atom. The molecule has 0 spiro atoms. The highest BCUT2D eigenvalue weighted by atomic mass is 79.9. The highest BCUT2D eigenvalue weighted by molar-refractivity contribution is 9.10. The number of rotatable bonds is 3. The number of hydrogen-bond acceptors (Lipinski definition) is 4. The summed E-state index contributed by atoms with van der Waals surface area (Å²) in [6, 6.07) is 5.64. The molecule has 2 rings (SSSR count). The fraction of sp³-hybridized carbons (Fsp3) is 0.182. The van der Waals surface area contributed by atoms with Gasteiger partial charge in [0.25, 0.3) is 0 Å². The summed E-state index contributed by atoms with van der Waals surface area (Å²) in [5, 5.41) is 17.8. The lowest BCUT2D eigenvalue weighted by molar-refractivity contribution is 0.276. The Morgan fingerprint density at radius 2 is 2.29 bits per heavy atom. The molecule has 2 aromatic rings. The summed E-state index contributed by atoms with van der Waals surface area (Å²) >= 11 is 3.30. The van der Waals surface area contributed by atoms with Crippen molar-refractivity contribution in [2.24, 2.45) is 0 Å². The summed E-state index contributed by atoms with van der Waals surface area (Å²) < 4.78 is 2.59. The van der Waals surface area contributed by atoms with Gasteiger partial charge in [0.05, 0.1) is 6.61 Å². The van der Waals surface area contributed by atoms with Crippen LogP contribution in [0.1, 0.15) is 5.69 Å². The van der Waals surface area contributed by atoms with Crippen LogP contribution >= 0.6 is 15.9 Å². The van der Waals surface area contributed by atoms with E-state index in [1.807, 2.05) is 12.1 Å². The number of nitriles is 1. The Labute approximate surface area is 106 Å². The van der Waals surface area contributed by atoms with E-state index in [2.05, 4.69) is 25.9 Å². The first-order valence-electron chi connectivity index (χ1n) is 4.94. The quantitative estimate of drug-likeness (QED) is 0.932. The molecule has 0 aliphatic carbocycles. The molecule has 0 aliphatic heterocycles. The van der Waals surface area contributed by atoms with Gasteiger partial charge in [0.1, 0.15) is 11.8 Å². The number of halogens is 1. The van der Waals surface area contributed by atoms with Crippen molar-refractivity contribution >= 4 is 15.9 Å². The minimum Gasteiger partial charge on any atom is -0.395 e. The highest BCUT2D eigenvalue weighted by Gasteiger charge is 2.10. The third-order valence-corrected chi connectivity index (χ3v) is 2.66. The number of aromatic nitrogens is 3. The van der Waals surface area contributed by atoms with Crippen LogP contribution in [0.15, 0.2) is 29.0 Å². The average Bonchev–Trinajstić information content (AvgIpc) is 2.74. The van der Waals surface area contributed by atoms with Crippen LogP contribution in [0.25, 0.3) is 11.5 Å². The van der Waals surface area contributed by atoms with E-state index in [4.69, 9.17) is 10.4 Å². The molecule has 0 aliphatic rings. The lowest BCUT2D eigenvalue weighted by atomic mass is 10.3. The van der Waals surface area contributed by atoms with Gasteiger partial charge in [-0.3, -0.25) is 4.98 Å². The van der Waals surface area contributed by atoms with Gasteiger partial charge < -0.3 is 9.67 Å². The number of hydrogen-bond donors (Lipinski definition) is 1. The van der Waals surface area contributed by atoms with E-state index in [0.29, 0.717) is 23.8 Å². The molecule has 0 saturated carbocycles. The van der Waals surface area contributed by atoms with E-state index >= 15 is 0 Å². The van der Waals surface area contributed by atoms with Crippen LogP contribution in [0.3, 0.4) is 0 Å². The van der Waals surface area contributed by atoms with Crippen LogP contribution in [0.2, 0.25) is 0 Å². The van der Waals surface area contributed by atoms with Crippen molar-refractivity contribution < 1.29 is 5.11 Å². The van der Waals surface area contributed by atoms with Crippen molar-refractivity contribution in [3.63, 3.8) is 0 Å². The van der Waals surface area contributed by atoms with Gasteiger partial charge in [-0.2, -0.15) is 5.26 Å². The normalized spacial score (nSPS) is 10.2. The van der Waals surface area contributed by atoms with Gasteiger partial charge in [-0.1, -0.05) is 0 Å². The number of aliphatic hydroxyl groups is 1. The maximum absolute atomic E-state index is 8.96. The standard InChI is InChI=1S/C11H9BrN4O/c12-8-1-2-10(14-6-8)11-15-9(5-13)7-16(11)3-4-17/h1-2,6-7,17H,3-4H2. The molecule has 0 amide bonds. The Morgan fingerprint density at radius 1 is 1.47 bits per heavy atom. The predicted molar refractivity (Wildman–Crippen MR) is 65.0 cm³/mol. The van der Waals surface area contributed by atoms with Gasteiger partial charge >= 0.3 is 0 Å². The zero-order valence-corrected chi connectivity index (χ0v) is 10.4. The van der Waals surface area contributed by atoms with Gasteiger partial charge in [0.15, 0.2) is 11.5 Å². The van der Waals surface area contributed by atoms with Crippen molar-refractivity contribution in [2.75, 3.05) is 6.61 Å². The maximum Gasteiger partial charge on any atom is 0.160 e. The van der Waals surface area contributed by atoms with Crippen molar-refractivity contribution in [1.29, 1.82) is 5.26 Å². The van der Waals surface area contributed by atoms with Gasteiger partial charge in [-0.25, -0.2) is 4.98 Å². The molecular formula is C11H9BrN4O. The van der Waals surface area contributed by atoms with E-state index in [0.717, 1.165) is 4.47 Å². The largest absolute Gasteiger partial charge is 0.395 e. The first-order valence-corrected chi connectivity index (χ1v) is 5.74. The van der Waals surface area contributed by atoms with E-state index in [1.54, 1.807) is 23.0 Å². The molecule has 0 saturated heterocycles. The summed E-state index contributed by atoms with van der Waals surface area (Å²) in [6.45, 7) is 0.381. The molecule has 0 radical (unpaired) electrons. The zero-order chi connectivity index (χ0) is 12.3. The minimum atomic E-state index is -0.00917. The fourth-order valence-electron chi connectivity index (χ4n) is 1.46. The summed E-state index contributed by atoms with van der Waals surface area (Å²) in [4.78, 5) is 8.38. The third kappa shape index (κ3) is 2.52. The van der Waals surface area contributed by atoms with Gasteiger partial charge in [0, 0.05) is 23.4 Å². The van der Waals surface area contributed by atoms with Crippen LogP contribution in [0.5, 0.6) is 0 Å². The Hall–Kier alpha value is -1.71. The topological polar surface area (TPSA) is 74.7 Å². The molecule has 17 heavy (non-hydrogen) atoms. The molecule has 6 heteroatoms. The van der Waals surface area contributed by atoms with Crippen molar-refractivity contribution in [3.05, 3.63) is 34.7 Å². The molecule has 0 unspecified atom stereocenters. The molecule has 86 valence electrons. The lowest BCUT2D eigenvalue weighted by Gasteiger charge is -2.04. The highest BCUT2D eigenvalue weighted by Crippen LogP contribution is 2.18. The summed E-state index contributed by atoms with van der Waals surface area (Å²) in [7, 11) is 0. The summed E-state index contributed by atoms with van der Waals surface area (Å²) in [5.41, 5.74) is 0.987. The SMILES string of the molecule is N#Cc1cn(CCO)c(-c2ccc(Br)cn2)n1. The second-order valence-electron chi connectivity index (χ2n) is 3.34. The van der Waals surface area contributed by atoms with Gasteiger partial charge in [0.2, 0.25) is 0 Å². The fourth-order valence-corrected chi connectivity index (χ4v) is 1.70. The van der Waals surface area contributed by atoms with Crippen LogP contribution in [0, 0.1) is 11.3 Å². The van der Waals surface area contributed by atoms with E-state index in [9.17, 15) is 0 Å². The first-order chi connectivity index (χ1) is 8.24. The number of imidazole rings is 1. The van der Waals surface area contributed by atoms with Crippen LogP contribution < -0.4 is 0 Å². The van der Waals surface area contributed by atoms with E-state index < -0.39 is 0 Å². The lowest BCUT2D eigenvalue weighted by Crippen LogP contribution is -2.03. The molecule has 5 nitrogen and oxygen atoms in total. The van der Waals surface area contributed by atoms with Crippen molar-refractivity contribution in [3.8, 4) is 17.6 Å². The maximum atomic E-state index is 8.96. The summed E-state index contributed by atoms with van der Waals surface area (Å²) in [5.74, 6) is 0.586. The Balaban J connectivity index is 2.46. The molecule has 0 fully saturated rings. The van der Waals surface area contributed by atoms with Crippen molar-refractivity contribution in [1.82, 2.24) is 14.5 Å². The van der Waals surface area contributed by atoms with Gasteiger partial charge in [-0.05, 0) is 28.1 Å². The molecular weight excluding hydrogens is 284 g/mol. The molecule has 2 heterocycles. The smallest absolute Gasteiger partial charge is 0.160 e. The van der Waals surface area contributed by atoms with Crippen LogP contribution in [-0.4, -0.2) is 26.2 Å². The van der Waals surface area contributed by atoms with E-state index in [-0.39, 0.29) is 6.61 Å². The molecule has 2 aromatic heterocycles. The van der Waals surface area contributed by atoms with Crippen LogP contribution in [-0.2, 0) is 6.54 Å². The molecule has 0 aromatic carbocycles. The number of nitrogens with zero attached hydrogens (tertiary/aromatic N) is 4. The molecule has 0 bridgehead atoms. The average molecular weight is 293 g/mol. The second-order valence-corrected chi connectivity index (χ2v) is 4.26. The molecule has 0 atom stereocenters. The first kappa shape index (κ1) is 11.8. The number of pyridine rings is 1. The molecule has 1 N–H and O–H groups in total. The monoisotopic (exact) mass is 292 g/mol. The predicted octanol–water partition coefficient (Wildman–Crippen LogP) is 1.57. The summed E-state index contributed by atoms with van der Waals surface area (Å²) in [6.07, 6.45) is 3.27. The Kier molecular flexibility index (Phi) is 3.52. The second kappa shape index (κ2) is 5.08. The van der Waals surface area contributed by atoms with Gasteiger partial charge in [-0.15, -0.1) is 0 Å². The van der Waals surface area contributed by atoms with Crippen molar-refractivity contribution in [2.45, 2.75) is 6.54 Å². The minimum absolute atomic E-state index is 0.00917. The Bertz CT molecular complexity index is 556. The zero-order valence-electron chi connectivity index (χ0n) is 8.84. The number of aliphatic hydroxyl groups excluding tert-OH is 1. The third-order valence-electron chi connectivity index (χ3n) is 2.19. The van der Waals surface area contributed by atoms with Crippen LogP contribution in [0.4, 0.5) is 0 Å². The van der Waals surface area contributed by atoms with E-state index in [1.165, 1.54) is 0 Å².